The lowest BCUT2D eigenvalue weighted by atomic mass is 9.93. The minimum absolute atomic E-state index is 0.121. The highest BCUT2D eigenvalue weighted by molar-refractivity contribution is 5.96. The van der Waals surface area contributed by atoms with E-state index in [0.29, 0.717) is 22.8 Å². The molecule has 0 aliphatic carbocycles. The number of ketones is 1. The number of nitrogens with zero attached hydrogens (tertiary/aromatic N) is 3. The van der Waals surface area contributed by atoms with Gasteiger partial charge >= 0.3 is 0 Å². The second kappa shape index (κ2) is 4.56. The Labute approximate surface area is 115 Å². The van der Waals surface area contributed by atoms with Crippen LogP contribution in [0.4, 0.5) is 10.3 Å². The first-order chi connectivity index (χ1) is 9.59. The molecule has 0 saturated heterocycles. The number of Topliss-reactive ketones (excluding diaryl/α,β-unsaturated/α-hetero) is 1. The third kappa shape index (κ3) is 1.80. The van der Waals surface area contributed by atoms with Gasteiger partial charge in [-0.25, -0.2) is 9.07 Å². The molecular formula is C14H13FN4O. The van der Waals surface area contributed by atoms with Crippen LogP contribution < -0.4 is 5.32 Å². The Morgan fingerprint density at radius 3 is 2.85 bits per heavy atom. The fourth-order valence-corrected chi connectivity index (χ4v) is 2.53. The van der Waals surface area contributed by atoms with Crippen LogP contribution in [-0.2, 0) is 4.79 Å². The molecule has 1 N–H and O–H groups in total. The van der Waals surface area contributed by atoms with Gasteiger partial charge in [0.1, 0.15) is 18.2 Å². The molecule has 0 bridgehead atoms. The minimum Gasteiger partial charge on any atom is -0.328 e. The summed E-state index contributed by atoms with van der Waals surface area (Å²) in [6.45, 7) is 3.25. The molecule has 0 spiro atoms. The molecule has 20 heavy (non-hydrogen) atoms. The van der Waals surface area contributed by atoms with Crippen LogP contribution in [0.1, 0.15) is 25.5 Å². The number of halogens is 1. The van der Waals surface area contributed by atoms with Crippen molar-refractivity contribution in [1.82, 2.24) is 14.8 Å². The van der Waals surface area contributed by atoms with Crippen LogP contribution in [0.15, 0.2) is 41.9 Å². The number of aromatic nitrogens is 3. The smallest absolute Gasteiger partial charge is 0.226 e. The summed E-state index contributed by atoms with van der Waals surface area (Å²) in [6, 6.07) is 5.80. The Balaban J connectivity index is 2.25. The number of benzene rings is 1. The van der Waals surface area contributed by atoms with Gasteiger partial charge in [-0.15, -0.1) is 0 Å². The molecule has 0 saturated carbocycles. The number of allylic oxidation sites excluding steroid dienone is 2. The average Bonchev–Trinajstić information content (AvgIpc) is 2.85. The van der Waals surface area contributed by atoms with Gasteiger partial charge in [0.15, 0.2) is 5.78 Å². The predicted octanol–water partition coefficient (Wildman–Crippen LogP) is 2.30. The molecule has 102 valence electrons. The summed E-state index contributed by atoms with van der Waals surface area (Å²) in [4.78, 5) is 16.0. The highest BCUT2D eigenvalue weighted by Crippen LogP contribution is 2.35. The molecule has 0 fully saturated rings. The van der Waals surface area contributed by atoms with Crippen LogP contribution in [0.3, 0.4) is 0 Å². The van der Waals surface area contributed by atoms with Crippen molar-refractivity contribution in [1.29, 1.82) is 0 Å². The number of carbonyl (C=O) groups is 1. The van der Waals surface area contributed by atoms with Crippen molar-refractivity contribution in [2.24, 2.45) is 0 Å². The molecule has 2 aromatic rings. The van der Waals surface area contributed by atoms with Crippen molar-refractivity contribution in [3.63, 3.8) is 0 Å². The zero-order valence-corrected chi connectivity index (χ0v) is 11.1. The quantitative estimate of drug-likeness (QED) is 0.911. The van der Waals surface area contributed by atoms with E-state index in [2.05, 4.69) is 15.4 Å². The topological polar surface area (TPSA) is 59.8 Å². The second-order valence-corrected chi connectivity index (χ2v) is 4.67. The van der Waals surface area contributed by atoms with Gasteiger partial charge in [0, 0.05) is 16.8 Å². The van der Waals surface area contributed by atoms with Crippen LogP contribution in [0.25, 0.3) is 0 Å². The first-order valence-corrected chi connectivity index (χ1v) is 6.22. The summed E-state index contributed by atoms with van der Waals surface area (Å²) >= 11 is 0. The fraction of sp³-hybridized carbons (Fsp3) is 0.214. The molecule has 6 heteroatoms. The first-order valence-electron chi connectivity index (χ1n) is 6.22. The van der Waals surface area contributed by atoms with Crippen molar-refractivity contribution in [3.05, 3.63) is 53.2 Å². The summed E-state index contributed by atoms with van der Waals surface area (Å²) < 4.78 is 15.7. The maximum absolute atomic E-state index is 14.1. The zero-order valence-electron chi connectivity index (χ0n) is 11.1. The van der Waals surface area contributed by atoms with Gasteiger partial charge in [0.2, 0.25) is 5.95 Å². The summed E-state index contributed by atoms with van der Waals surface area (Å²) in [5.41, 5.74) is 1.57. The van der Waals surface area contributed by atoms with Crippen LogP contribution >= 0.6 is 0 Å². The van der Waals surface area contributed by atoms with Gasteiger partial charge in [-0.05, 0) is 19.9 Å². The number of anilines is 1. The number of hydrogen-bond donors (Lipinski definition) is 1. The van der Waals surface area contributed by atoms with Crippen molar-refractivity contribution >= 4 is 11.7 Å². The van der Waals surface area contributed by atoms with Crippen molar-refractivity contribution in [2.45, 2.75) is 19.9 Å². The molecule has 0 radical (unpaired) electrons. The largest absolute Gasteiger partial charge is 0.328 e. The van der Waals surface area contributed by atoms with E-state index in [1.54, 1.807) is 25.1 Å². The van der Waals surface area contributed by atoms with E-state index in [1.165, 1.54) is 24.0 Å². The van der Waals surface area contributed by atoms with E-state index in [9.17, 15) is 9.18 Å². The highest BCUT2D eigenvalue weighted by Gasteiger charge is 2.32. The summed E-state index contributed by atoms with van der Waals surface area (Å²) in [7, 11) is 0. The standard InChI is InChI=1S/C14H13FN4O/c1-8-12(9(2)20)13(10-5-3-4-6-11(10)15)19-14(18-8)16-7-17-19/h3-7,13H,1-2H3,(H,16,17,18)/t13-/m0/s1. The number of rotatable bonds is 2. The molecule has 3 rings (SSSR count). The highest BCUT2D eigenvalue weighted by atomic mass is 19.1. The molecule has 0 amide bonds. The molecule has 1 aliphatic heterocycles. The number of hydrogen-bond acceptors (Lipinski definition) is 4. The Morgan fingerprint density at radius 1 is 1.40 bits per heavy atom. The maximum atomic E-state index is 14.1. The Bertz CT molecular complexity index is 719. The van der Waals surface area contributed by atoms with Crippen LogP contribution in [0.5, 0.6) is 0 Å². The predicted molar refractivity (Wildman–Crippen MR) is 71.6 cm³/mol. The molecule has 1 atom stereocenters. The van der Waals surface area contributed by atoms with E-state index < -0.39 is 6.04 Å². The fourth-order valence-electron chi connectivity index (χ4n) is 2.53. The third-order valence-corrected chi connectivity index (χ3v) is 3.37. The van der Waals surface area contributed by atoms with E-state index in [0.717, 1.165) is 0 Å². The van der Waals surface area contributed by atoms with Crippen LogP contribution in [0.2, 0.25) is 0 Å². The van der Waals surface area contributed by atoms with E-state index in [1.807, 2.05) is 0 Å². The SMILES string of the molecule is CC(=O)C1=C(C)Nc2ncnn2[C@H]1c1ccccc1F. The molecular weight excluding hydrogens is 259 g/mol. The molecule has 1 aromatic carbocycles. The first kappa shape index (κ1) is 12.5. The van der Waals surface area contributed by atoms with Gasteiger partial charge < -0.3 is 5.32 Å². The van der Waals surface area contributed by atoms with Crippen molar-refractivity contribution < 1.29 is 9.18 Å². The molecule has 1 aliphatic rings. The van der Waals surface area contributed by atoms with Gasteiger partial charge in [0.25, 0.3) is 0 Å². The van der Waals surface area contributed by atoms with Crippen molar-refractivity contribution in [3.8, 4) is 0 Å². The Hall–Kier alpha value is -2.50. The van der Waals surface area contributed by atoms with Gasteiger partial charge in [-0.2, -0.15) is 10.1 Å². The molecule has 1 aromatic heterocycles. The van der Waals surface area contributed by atoms with E-state index in [4.69, 9.17) is 0 Å². The summed E-state index contributed by atoms with van der Waals surface area (Å²) in [5.74, 6) is 0.0116. The van der Waals surface area contributed by atoms with Gasteiger partial charge in [0.05, 0.1) is 0 Å². The van der Waals surface area contributed by atoms with Gasteiger partial charge in [-0.3, -0.25) is 4.79 Å². The monoisotopic (exact) mass is 272 g/mol. The lowest BCUT2D eigenvalue weighted by Gasteiger charge is -2.28. The molecule has 0 unspecified atom stereocenters. The van der Waals surface area contributed by atoms with Crippen LogP contribution in [0, 0.1) is 5.82 Å². The van der Waals surface area contributed by atoms with E-state index in [-0.39, 0.29) is 11.6 Å². The van der Waals surface area contributed by atoms with Crippen molar-refractivity contribution in [2.75, 3.05) is 5.32 Å². The number of carbonyl (C=O) groups excluding carboxylic acids is 1. The minimum atomic E-state index is -0.590. The summed E-state index contributed by atoms with van der Waals surface area (Å²) in [6.07, 6.45) is 1.38. The Morgan fingerprint density at radius 2 is 2.15 bits per heavy atom. The lowest BCUT2D eigenvalue weighted by molar-refractivity contribution is -0.114. The second-order valence-electron chi connectivity index (χ2n) is 4.67. The Kier molecular flexibility index (Phi) is 2.85. The number of fused-ring (bicyclic) bond motifs is 1. The molecule has 5 nitrogen and oxygen atoms in total. The van der Waals surface area contributed by atoms with E-state index >= 15 is 0 Å². The molecule has 2 heterocycles. The maximum Gasteiger partial charge on any atom is 0.226 e. The lowest BCUT2D eigenvalue weighted by Crippen LogP contribution is -2.28. The summed E-state index contributed by atoms with van der Waals surface area (Å²) in [5, 5.41) is 7.13. The number of nitrogens with one attached hydrogen (secondary N) is 1. The zero-order chi connectivity index (χ0) is 14.3. The third-order valence-electron chi connectivity index (χ3n) is 3.37. The van der Waals surface area contributed by atoms with Crippen LogP contribution in [-0.4, -0.2) is 20.5 Å². The van der Waals surface area contributed by atoms with Gasteiger partial charge in [-0.1, -0.05) is 18.2 Å². The average molecular weight is 272 g/mol. The normalized spacial score (nSPS) is 17.6.